The molecule has 0 heterocycles. The van der Waals surface area contributed by atoms with E-state index in [-0.39, 0.29) is 30.0 Å². The molecule has 2 aromatic carbocycles. The molecule has 0 aliphatic carbocycles. The molecule has 0 spiro atoms. The Morgan fingerprint density at radius 2 is 1.72 bits per heavy atom. The van der Waals surface area contributed by atoms with Crippen LogP contribution < -0.4 is 20.7 Å². The molecule has 1 atom stereocenters. The number of hydrogen-bond donors (Lipinski definition) is 3. The van der Waals surface area contributed by atoms with Crippen LogP contribution in [0.4, 0.5) is 11.4 Å². The van der Waals surface area contributed by atoms with E-state index >= 15 is 0 Å². The van der Waals surface area contributed by atoms with Gasteiger partial charge in [-0.05, 0) is 64.4 Å². The van der Waals surface area contributed by atoms with Crippen LogP contribution in [0.5, 0.6) is 5.75 Å². The van der Waals surface area contributed by atoms with Crippen LogP contribution in [0.1, 0.15) is 51.4 Å². The van der Waals surface area contributed by atoms with E-state index in [1.807, 2.05) is 52.0 Å². The zero-order valence-electron chi connectivity index (χ0n) is 17.8. The average Bonchev–Trinajstić information content (AvgIpc) is 2.65. The van der Waals surface area contributed by atoms with E-state index < -0.39 is 0 Å². The number of ether oxygens (including phenoxy) is 1. The molecule has 29 heavy (non-hydrogen) atoms. The number of nitrogens with one attached hydrogen (secondary N) is 3. The maximum Gasteiger partial charge on any atom is 0.251 e. The van der Waals surface area contributed by atoms with Gasteiger partial charge in [0.25, 0.3) is 5.91 Å². The third-order valence-electron chi connectivity index (χ3n) is 4.10. The van der Waals surface area contributed by atoms with Gasteiger partial charge in [-0.25, -0.2) is 0 Å². The number of hydrogen-bond acceptors (Lipinski definition) is 4. The van der Waals surface area contributed by atoms with Gasteiger partial charge in [0.1, 0.15) is 5.75 Å². The Balaban J connectivity index is 1.92. The van der Waals surface area contributed by atoms with Gasteiger partial charge < -0.3 is 20.7 Å². The van der Waals surface area contributed by atoms with Crippen molar-refractivity contribution in [3.8, 4) is 5.75 Å². The lowest BCUT2D eigenvalue weighted by molar-refractivity contribution is -0.114. The SMILES string of the molecule is CCC(C)Oc1cccc(NCC(=O)Nc2cccc(C(=O)NC(C)(C)C)c2)c1. The molecule has 2 amide bonds. The van der Waals surface area contributed by atoms with Gasteiger partial charge in [-0.15, -0.1) is 0 Å². The van der Waals surface area contributed by atoms with Crippen LogP contribution in [0, 0.1) is 0 Å². The van der Waals surface area contributed by atoms with E-state index in [1.165, 1.54) is 0 Å². The lowest BCUT2D eigenvalue weighted by atomic mass is 10.1. The molecular weight excluding hydrogens is 366 g/mol. The topological polar surface area (TPSA) is 79.5 Å². The zero-order chi connectivity index (χ0) is 21.4. The van der Waals surface area contributed by atoms with E-state index in [0.717, 1.165) is 17.9 Å². The highest BCUT2D eigenvalue weighted by Gasteiger charge is 2.15. The Morgan fingerprint density at radius 1 is 1.03 bits per heavy atom. The first-order valence-electron chi connectivity index (χ1n) is 9.89. The van der Waals surface area contributed by atoms with Crippen LogP contribution in [0.25, 0.3) is 0 Å². The summed E-state index contributed by atoms with van der Waals surface area (Å²) >= 11 is 0. The van der Waals surface area contributed by atoms with Crippen LogP contribution in [0.15, 0.2) is 48.5 Å². The first-order valence-corrected chi connectivity index (χ1v) is 9.89. The molecule has 0 saturated carbocycles. The van der Waals surface area contributed by atoms with E-state index in [0.29, 0.717) is 11.3 Å². The summed E-state index contributed by atoms with van der Waals surface area (Å²) in [7, 11) is 0. The van der Waals surface area contributed by atoms with Crippen LogP contribution in [-0.2, 0) is 4.79 Å². The highest BCUT2D eigenvalue weighted by Crippen LogP contribution is 2.19. The standard InChI is InChI=1S/C23H31N3O3/c1-6-16(2)29-20-12-8-10-18(14-20)24-15-21(27)25-19-11-7-9-17(13-19)22(28)26-23(3,4)5/h7-14,16,24H,6,15H2,1-5H3,(H,25,27)(H,26,28). The number of anilines is 2. The molecule has 6 nitrogen and oxygen atoms in total. The van der Waals surface area contributed by atoms with Crippen LogP contribution in [0.3, 0.4) is 0 Å². The van der Waals surface area contributed by atoms with Gasteiger partial charge in [-0.2, -0.15) is 0 Å². The highest BCUT2D eigenvalue weighted by molar-refractivity contribution is 5.98. The number of amides is 2. The second-order valence-corrected chi connectivity index (χ2v) is 8.05. The summed E-state index contributed by atoms with van der Waals surface area (Å²) in [6, 6.07) is 14.4. The molecule has 0 saturated heterocycles. The van der Waals surface area contributed by atoms with Crippen molar-refractivity contribution in [3.05, 3.63) is 54.1 Å². The molecule has 0 radical (unpaired) electrons. The molecule has 3 N–H and O–H groups in total. The monoisotopic (exact) mass is 397 g/mol. The molecule has 0 bridgehead atoms. The Morgan fingerprint density at radius 3 is 2.41 bits per heavy atom. The zero-order valence-corrected chi connectivity index (χ0v) is 17.8. The van der Waals surface area contributed by atoms with Gasteiger partial charge in [-0.3, -0.25) is 9.59 Å². The van der Waals surface area contributed by atoms with Gasteiger partial charge >= 0.3 is 0 Å². The van der Waals surface area contributed by atoms with Crippen molar-refractivity contribution in [2.24, 2.45) is 0 Å². The van der Waals surface area contributed by atoms with E-state index in [4.69, 9.17) is 4.74 Å². The van der Waals surface area contributed by atoms with Crippen molar-refractivity contribution >= 4 is 23.2 Å². The summed E-state index contributed by atoms with van der Waals surface area (Å²) in [4.78, 5) is 24.6. The Kier molecular flexibility index (Phi) is 7.65. The Hall–Kier alpha value is -3.02. The minimum Gasteiger partial charge on any atom is -0.491 e. The molecule has 6 heteroatoms. The Labute approximate surface area is 173 Å². The molecule has 0 aliphatic heterocycles. The number of rotatable bonds is 8. The van der Waals surface area contributed by atoms with Gasteiger partial charge in [-0.1, -0.05) is 19.1 Å². The third kappa shape index (κ3) is 7.86. The quantitative estimate of drug-likeness (QED) is 0.615. The van der Waals surface area contributed by atoms with Crippen LogP contribution in [0.2, 0.25) is 0 Å². The molecule has 156 valence electrons. The van der Waals surface area contributed by atoms with Crippen LogP contribution >= 0.6 is 0 Å². The van der Waals surface area contributed by atoms with Gasteiger partial charge in [0.05, 0.1) is 12.6 Å². The summed E-state index contributed by atoms with van der Waals surface area (Å²) in [5.41, 5.74) is 1.56. The third-order valence-corrected chi connectivity index (χ3v) is 4.10. The molecule has 0 fully saturated rings. The van der Waals surface area contributed by atoms with E-state index in [1.54, 1.807) is 24.3 Å². The molecule has 0 aliphatic rings. The number of benzene rings is 2. The van der Waals surface area contributed by atoms with Crippen molar-refractivity contribution in [1.29, 1.82) is 0 Å². The Bertz CT molecular complexity index is 843. The molecule has 1 unspecified atom stereocenters. The summed E-state index contributed by atoms with van der Waals surface area (Å²) in [5.74, 6) is 0.388. The highest BCUT2D eigenvalue weighted by atomic mass is 16.5. The number of carbonyl (C=O) groups is 2. The molecule has 0 aromatic heterocycles. The maximum atomic E-state index is 12.3. The second kappa shape index (κ2) is 9.96. The lowest BCUT2D eigenvalue weighted by Crippen LogP contribution is -2.40. The van der Waals surface area contributed by atoms with Crippen molar-refractivity contribution in [1.82, 2.24) is 5.32 Å². The predicted molar refractivity (Wildman–Crippen MR) is 118 cm³/mol. The van der Waals surface area contributed by atoms with Crippen molar-refractivity contribution < 1.29 is 14.3 Å². The van der Waals surface area contributed by atoms with Crippen LogP contribution in [-0.4, -0.2) is 30.0 Å². The largest absolute Gasteiger partial charge is 0.491 e. The molecule has 2 rings (SSSR count). The molecule has 2 aromatic rings. The summed E-state index contributed by atoms with van der Waals surface area (Å²) in [5, 5.41) is 8.82. The first kappa shape index (κ1) is 22.3. The van der Waals surface area contributed by atoms with Gasteiger partial charge in [0, 0.05) is 28.5 Å². The second-order valence-electron chi connectivity index (χ2n) is 8.05. The van der Waals surface area contributed by atoms with Gasteiger partial charge in [0.15, 0.2) is 0 Å². The average molecular weight is 398 g/mol. The lowest BCUT2D eigenvalue weighted by Gasteiger charge is -2.20. The number of carbonyl (C=O) groups excluding carboxylic acids is 2. The van der Waals surface area contributed by atoms with E-state index in [9.17, 15) is 9.59 Å². The fraction of sp³-hybridized carbons (Fsp3) is 0.391. The van der Waals surface area contributed by atoms with Crippen molar-refractivity contribution in [3.63, 3.8) is 0 Å². The molecular formula is C23H31N3O3. The summed E-state index contributed by atoms with van der Waals surface area (Å²) in [6.07, 6.45) is 1.06. The fourth-order valence-corrected chi connectivity index (χ4v) is 2.53. The smallest absolute Gasteiger partial charge is 0.251 e. The fourth-order valence-electron chi connectivity index (χ4n) is 2.53. The minimum atomic E-state index is -0.326. The summed E-state index contributed by atoms with van der Waals surface area (Å²) < 4.78 is 5.80. The van der Waals surface area contributed by atoms with Gasteiger partial charge in [0.2, 0.25) is 5.91 Å². The van der Waals surface area contributed by atoms with Crippen molar-refractivity contribution in [2.75, 3.05) is 17.2 Å². The van der Waals surface area contributed by atoms with Crippen molar-refractivity contribution in [2.45, 2.75) is 52.7 Å². The predicted octanol–water partition coefficient (Wildman–Crippen LogP) is 4.44. The summed E-state index contributed by atoms with van der Waals surface area (Å²) in [6.45, 7) is 9.95. The first-order chi connectivity index (χ1) is 13.7. The maximum absolute atomic E-state index is 12.3. The van der Waals surface area contributed by atoms with E-state index in [2.05, 4.69) is 22.9 Å². The normalized spacial score (nSPS) is 12.0. The minimum absolute atomic E-state index is 0.102.